The lowest BCUT2D eigenvalue weighted by atomic mass is 9.73. The summed E-state index contributed by atoms with van der Waals surface area (Å²) < 4.78 is 5.60. The first kappa shape index (κ1) is 26.3. The van der Waals surface area contributed by atoms with E-state index < -0.39 is 11.5 Å². The van der Waals surface area contributed by atoms with Gasteiger partial charge in [0.25, 0.3) is 0 Å². The molecular weight excluding hydrogens is 460 g/mol. The van der Waals surface area contributed by atoms with Gasteiger partial charge >= 0.3 is 0 Å². The van der Waals surface area contributed by atoms with E-state index in [1.165, 1.54) is 0 Å². The molecule has 1 aromatic heterocycles. The van der Waals surface area contributed by atoms with Crippen LogP contribution in [0.15, 0.2) is 18.3 Å². The molecule has 3 fully saturated rings. The number of ether oxygens (including phenoxy) is 1. The molecule has 10 nitrogen and oxygen atoms in total. The molecule has 3 aliphatic rings. The second-order valence-electron chi connectivity index (χ2n) is 10.4. The summed E-state index contributed by atoms with van der Waals surface area (Å²) in [6.45, 7) is 6.21. The van der Waals surface area contributed by atoms with Crippen LogP contribution in [0.1, 0.15) is 58.3 Å². The molecule has 0 radical (unpaired) electrons. The highest BCUT2D eigenvalue weighted by Crippen LogP contribution is 2.38. The number of carbonyl (C=O) groups is 3. The maximum atomic E-state index is 13.4. The molecule has 0 bridgehead atoms. The molecule has 0 aromatic carbocycles. The van der Waals surface area contributed by atoms with Crippen LogP contribution in [-0.2, 0) is 19.1 Å². The van der Waals surface area contributed by atoms with Crippen LogP contribution in [0.3, 0.4) is 0 Å². The first-order valence-electron chi connectivity index (χ1n) is 13.4. The van der Waals surface area contributed by atoms with Gasteiger partial charge in [-0.1, -0.05) is 6.42 Å². The van der Waals surface area contributed by atoms with Crippen molar-refractivity contribution >= 4 is 23.5 Å². The van der Waals surface area contributed by atoms with Crippen LogP contribution >= 0.6 is 0 Å². The van der Waals surface area contributed by atoms with Crippen molar-refractivity contribution in [1.29, 1.82) is 0 Å². The number of aromatic nitrogens is 2. The number of hydrogen-bond donors (Lipinski definition) is 2. The Morgan fingerprint density at radius 3 is 2.61 bits per heavy atom. The van der Waals surface area contributed by atoms with Crippen molar-refractivity contribution in [2.45, 2.75) is 64.3 Å². The van der Waals surface area contributed by atoms with Crippen LogP contribution in [0.2, 0.25) is 0 Å². The minimum Gasteiger partial charge on any atom is -0.380 e. The second-order valence-corrected chi connectivity index (χ2v) is 10.4. The predicted octanol–water partition coefficient (Wildman–Crippen LogP) is 1.51. The van der Waals surface area contributed by atoms with Gasteiger partial charge in [0.05, 0.1) is 12.0 Å². The van der Waals surface area contributed by atoms with Crippen molar-refractivity contribution in [3.8, 4) is 0 Å². The van der Waals surface area contributed by atoms with Crippen LogP contribution in [-0.4, -0.2) is 84.8 Å². The molecule has 1 aromatic rings. The number of piperidine rings is 2. The molecule has 3 aliphatic heterocycles. The molecule has 36 heavy (non-hydrogen) atoms. The molecule has 3 amide bonds. The number of nitrogens with zero attached hydrogens (tertiary/aromatic N) is 4. The minimum absolute atomic E-state index is 0.0613. The molecule has 4 rings (SSSR count). The van der Waals surface area contributed by atoms with Gasteiger partial charge in [-0.15, -0.1) is 5.10 Å². The normalized spacial score (nSPS) is 24.8. The highest BCUT2D eigenvalue weighted by atomic mass is 16.5. The third-order valence-corrected chi connectivity index (χ3v) is 8.00. The Labute approximate surface area is 213 Å². The van der Waals surface area contributed by atoms with E-state index >= 15 is 0 Å². The third kappa shape index (κ3) is 6.72. The molecule has 198 valence electrons. The van der Waals surface area contributed by atoms with E-state index in [1.54, 1.807) is 13.1 Å². The Bertz CT molecular complexity index is 882. The quantitative estimate of drug-likeness (QED) is 0.646. The van der Waals surface area contributed by atoms with Gasteiger partial charge in [-0.25, -0.2) is 0 Å². The summed E-state index contributed by atoms with van der Waals surface area (Å²) in [6.07, 6.45) is 7.94. The summed E-state index contributed by atoms with van der Waals surface area (Å²) in [7, 11) is 0. The molecule has 4 heterocycles. The van der Waals surface area contributed by atoms with E-state index in [4.69, 9.17) is 4.74 Å². The van der Waals surface area contributed by atoms with Crippen LogP contribution in [0.4, 0.5) is 5.82 Å². The van der Waals surface area contributed by atoms with Crippen LogP contribution in [0, 0.1) is 11.3 Å². The lowest BCUT2D eigenvalue weighted by molar-refractivity contribution is -0.143. The van der Waals surface area contributed by atoms with E-state index in [1.807, 2.05) is 17.0 Å². The molecule has 3 saturated heterocycles. The molecular formula is C26H40N6O4. The van der Waals surface area contributed by atoms with Gasteiger partial charge < -0.3 is 25.2 Å². The fourth-order valence-electron chi connectivity index (χ4n) is 5.56. The van der Waals surface area contributed by atoms with E-state index in [9.17, 15) is 14.4 Å². The van der Waals surface area contributed by atoms with Gasteiger partial charge in [0, 0.05) is 51.9 Å². The van der Waals surface area contributed by atoms with Crippen LogP contribution in [0.25, 0.3) is 0 Å². The highest BCUT2D eigenvalue weighted by molar-refractivity contribution is 5.90. The lowest BCUT2D eigenvalue weighted by Crippen LogP contribution is -2.54. The summed E-state index contributed by atoms with van der Waals surface area (Å²) in [5.41, 5.74) is -0.540. The Kier molecular flexibility index (Phi) is 9.12. The Morgan fingerprint density at radius 1 is 1.11 bits per heavy atom. The molecule has 10 heteroatoms. The molecule has 2 N–H and O–H groups in total. The topological polar surface area (TPSA) is 117 Å². The maximum Gasteiger partial charge on any atom is 0.242 e. The van der Waals surface area contributed by atoms with Gasteiger partial charge in [0.15, 0.2) is 5.82 Å². The summed E-state index contributed by atoms with van der Waals surface area (Å²) in [6, 6.07) is 3.28. The van der Waals surface area contributed by atoms with Crippen molar-refractivity contribution in [2.75, 3.05) is 50.8 Å². The van der Waals surface area contributed by atoms with Crippen molar-refractivity contribution in [2.24, 2.45) is 11.3 Å². The first-order chi connectivity index (χ1) is 17.5. The summed E-state index contributed by atoms with van der Waals surface area (Å²) in [5, 5.41) is 13.9. The number of nitrogens with one attached hydrogen (secondary N) is 2. The Morgan fingerprint density at radius 2 is 1.89 bits per heavy atom. The SMILES string of the molecule is C[C@@H]1NC(=O)C2(CCCCOCCNC1=O)CCN(C(=O)CC1CCN(c3cccnn3)CC1)CC2. The summed E-state index contributed by atoms with van der Waals surface area (Å²) in [4.78, 5) is 43.0. The van der Waals surface area contributed by atoms with E-state index in [2.05, 4.69) is 25.7 Å². The van der Waals surface area contributed by atoms with E-state index in [0.717, 1.165) is 51.0 Å². The van der Waals surface area contributed by atoms with Gasteiger partial charge in [-0.05, 0) is 63.5 Å². The predicted molar refractivity (Wildman–Crippen MR) is 135 cm³/mol. The largest absolute Gasteiger partial charge is 0.380 e. The zero-order valence-electron chi connectivity index (χ0n) is 21.4. The zero-order chi connectivity index (χ0) is 25.4. The maximum absolute atomic E-state index is 13.4. The zero-order valence-corrected chi connectivity index (χ0v) is 21.4. The first-order valence-corrected chi connectivity index (χ1v) is 13.4. The van der Waals surface area contributed by atoms with Crippen molar-refractivity contribution in [3.63, 3.8) is 0 Å². The van der Waals surface area contributed by atoms with Gasteiger partial charge in [-0.2, -0.15) is 5.10 Å². The van der Waals surface area contributed by atoms with Crippen molar-refractivity contribution in [3.05, 3.63) is 18.3 Å². The van der Waals surface area contributed by atoms with Crippen LogP contribution in [0.5, 0.6) is 0 Å². The van der Waals surface area contributed by atoms with Gasteiger partial charge in [0.1, 0.15) is 6.04 Å². The second kappa shape index (κ2) is 12.5. The Balaban J connectivity index is 1.29. The van der Waals surface area contributed by atoms with Crippen LogP contribution < -0.4 is 15.5 Å². The highest BCUT2D eigenvalue weighted by Gasteiger charge is 2.42. The van der Waals surface area contributed by atoms with Crippen molar-refractivity contribution in [1.82, 2.24) is 25.7 Å². The summed E-state index contributed by atoms with van der Waals surface area (Å²) in [5.74, 6) is 1.20. The average molecular weight is 501 g/mol. The summed E-state index contributed by atoms with van der Waals surface area (Å²) >= 11 is 0. The van der Waals surface area contributed by atoms with Gasteiger partial charge in [-0.3, -0.25) is 14.4 Å². The van der Waals surface area contributed by atoms with Gasteiger partial charge in [0.2, 0.25) is 17.7 Å². The number of hydrogen-bond acceptors (Lipinski definition) is 7. The number of carbonyl (C=O) groups excluding carboxylic acids is 3. The number of anilines is 1. The Hall–Kier alpha value is -2.75. The van der Waals surface area contributed by atoms with Crippen molar-refractivity contribution < 1.29 is 19.1 Å². The lowest BCUT2D eigenvalue weighted by Gasteiger charge is -2.42. The standard InChI is InChI=1S/C26H40N6O4/c1-20-24(34)27-12-18-36-17-3-2-8-26(25(35)29-20)9-15-32(16-10-26)23(33)19-21-6-13-31(14-7-21)22-5-4-11-28-30-22/h4-5,11,20-21H,2-3,6-10,12-19H2,1H3,(H,27,34)(H,29,35)/t20-/m0/s1. The molecule has 0 saturated carbocycles. The third-order valence-electron chi connectivity index (χ3n) is 8.00. The number of amides is 3. The number of rotatable bonds is 3. The fraction of sp³-hybridized carbons (Fsp3) is 0.731. The molecule has 0 unspecified atom stereocenters. The average Bonchev–Trinajstić information content (AvgIpc) is 2.91. The smallest absolute Gasteiger partial charge is 0.242 e. The minimum atomic E-state index is -0.595. The fourth-order valence-corrected chi connectivity index (χ4v) is 5.56. The van der Waals surface area contributed by atoms with E-state index in [-0.39, 0.29) is 17.7 Å². The van der Waals surface area contributed by atoms with E-state index in [0.29, 0.717) is 58.0 Å². The molecule has 0 aliphatic carbocycles. The molecule has 1 spiro atoms. The molecule has 1 atom stereocenters. The monoisotopic (exact) mass is 500 g/mol. The number of likely N-dealkylation sites (tertiary alicyclic amines) is 1.